The van der Waals surface area contributed by atoms with Crippen molar-refractivity contribution in [2.24, 2.45) is 0 Å². The van der Waals surface area contributed by atoms with Crippen molar-refractivity contribution in [1.82, 2.24) is 0 Å². The number of nitrogens with zero attached hydrogens (tertiary/aromatic N) is 1. The number of hydrogen-bond acceptors (Lipinski definition) is 2. The van der Waals surface area contributed by atoms with Gasteiger partial charge in [-0.05, 0) is 55.3 Å². The van der Waals surface area contributed by atoms with Gasteiger partial charge in [-0.2, -0.15) is 0 Å². The first-order valence-electron chi connectivity index (χ1n) is 6.64. The molecular weight excluding hydrogens is 248 g/mol. The molecule has 2 rings (SSSR count). The van der Waals surface area contributed by atoms with Crippen LogP contribution in [0.1, 0.15) is 21.5 Å². The Labute approximate surface area is 120 Å². The van der Waals surface area contributed by atoms with Crippen LogP contribution in [0.4, 0.5) is 11.4 Å². The summed E-state index contributed by atoms with van der Waals surface area (Å²) in [4.78, 5) is 14.3. The second-order valence-corrected chi connectivity index (χ2v) is 5.14. The quantitative estimate of drug-likeness (QED) is 0.922. The monoisotopic (exact) mass is 268 g/mol. The molecule has 3 nitrogen and oxygen atoms in total. The van der Waals surface area contributed by atoms with E-state index in [0.29, 0.717) is 0 Å². The summed E-state index contributed by atoms with van der Waals surface area (Å²) in [6, 6.07) is 13.6. The van der Waals surface area contributed by atoms with Crippen LogP contribution < -0.4 is 10.2 Å². The van der Waals surface area contributed by atoms with Gasteiger partial charge in [-0.1, -0.05) is 12.1 Å². The summed E-state index contributed by atoms with van der Waals surface area (Å²) < 4.78 is 0. The molecule has 1 N–H and O–H groups in total. The Bertz CT molecular complexity index is 615. The minimum Gasteiger partial charge on any atom is -0.378 e. The number of aryl methyl sites for hydroxylation is 1. The van der Waals surface area contributed by atoms with Crippen LogP contribution in [-0.2, 0) is 0 Å². The zero-order valence-electron chi connectivity index (χ0n) is 12.4. The van der Waals surface area contributed by atoms with E-state index in [-0.39, 0.29) is 5.91 Å². The SMILES string of the molecule is Cc1cccc(C(=O)Nc2ccc(N(C)C)cc2)c1C. The normalized spacial score (nSPS) is 10.2. The molecule has 0 saturated carbocycles. The van der Waals surface area contributed by atoms with Gasteiger partial charge in [0.15, 0.2) is 0 Å². The fraction of sp³-hybridized carbons (Fsp3) is 0.235. The van der Waals surface area contributed by atoms with E-state index in [4.69, 9.17) is 0 Å². The molecule has 0 radical (unpaired) electrons. The number of rotatable bonds is 3. The Balaban J connectivity index is 2.17. The summed E-state index contributed by atoms with van der Waals surface area (Å²) in [5.74, 6) is -0.0659. The molecule has 0 unspecified atom stereocenters. The van der Waals surface area contributed by atoms with Gasteiger partial charge in [-0.15, -0.1) is 0 Å². The van der Waals surface area contributed by atoms with Crippen molar-refractivity contribution >= 4 is 17.3 Å². The molecular formula is C17H20N2O. The molecule has 0 fully saturated rings. The third-order valence-corrected chi connectivity index (χ3v) is 3.49. The van der Waals surface area contributed by atoms with Crippen molar-refractivity contribution in [2.45, 2.75) is 13.8 Å². The van der Waals surface area contributed by atoms with Gasteiger partial charge in [-0.25, -0.2) is 0 Å². The molecule has 2 aromatic rings. The smallest absolute Gasteiger partial charge is 0.255 e. The van der Waals surface area contributed by atoms with Gasteiger partial charge >= 0.3 is 0 Å². The fourth-order valence-electron chi connectivity index (χ4n) is 2.04. The van der Waals surface area contributed by atoms with Crippen LogP contribution in [0.5, 0.6) is 0 Å². The number of amides is 1. The number of benzene rings is 2. The molecule has 0 bridgehead atoms. The third kappa shape index (κ3) is 2.99. The summed E-state index contributed by atoms with van der Waals surface area (Å²) in [5.41, 5.74) is 4.79. The molecule has 20 heavy (non-hydrogen) atoms. The molecule has 0 heterocycles. The van der Waals surface area contributed by atoms with Gasteiger partial charge in [0.05, 0.1) is 0 Å². The van der Waals surface area contributed by atoms with Crippen molar-refractivity contribution in [2.75, 3.05) is 24.3 Å². The van der Waals surface area contributed by atoms with Crippen LogP contribution in [0.25, 0.3) is 0 Å². The van der Waals surface area contributed by atoms with Crippen molar-refractivity contribution in [3.63, 3.8) is 0 Å². The van der Waals surface area contributed by atoms with Crippen molar-refractivity contribution < 1.29 is 4.79 Å². The maximum Gasteiger partial charge on any atom is 0.255 e. The highest BCUT2D eigenvalue weighted by Gasteiger charge is 2.10. The Morgan fingerprint density at radius 1 is 1.00 bits per heavy atom. The summed E-state index contributed by atoms with van der Waals surface area (Å²) in [6.45, 7) is 3.98. The van der Waals surface area contributed by atoms with Gasteiger partial charge in [-0.3, -0.25) is 4.79 Å². The van der Waals surface area contributed by atoms with Crippen LogP contribution in [0.2, 0.25) is 0 Å². The minimum absolute atomic E-state index is 0.0659. The molecule has 0 aliphatic rings. The molecule has 1 amide bonds. The first kappa shape index (κ1) is 14.1. The molecule has 0 spiro atoms. The maximum atomic E-state index is 12.3. The lowest BCUT2D eigenvalue weighted by Gasteiger charge is -2.13. The minimum atomic E-state index is -0.0659. The number of nitrogens with one attached hydrogen (secondary N) is 1. The average molecular weight is 268 g/mol. The second-order valence-electron chi connectivity index (χ2n) is 5.14. The van der Waals surface area contributed by atoms with Crippen LogP contribution in [-0.4, -0.2) is 20.0 Å². The largest absolute Gasteiger partial charge is 0.378 e. The van der Waals surface area contributed by atoms with E-state index in [0.717, 1.165) is 28.1 Å². The summed E-state index contributed by atoms with van der Waals surface area (Å²) in [5, 5.41) is 2.93. The van der Waals surface area contributed by atoms with Gasteiger partial charge in [0.2, 0.25) is 0 Å². The Morgan fingerprint density at radius 3 is 2.25 bits per heavy atom. The van der Waals surface area contributed by atoms with E-state index in [1.165, 1.54) is 0 Å². The summed E-state index contributed by atoms with van der Waals surface area (Å²) in [7, 11) is 3.98. The van der Waals surface area contributed by atoms with Crippen molar-refractivity contribution in [3.8, 4) is 0 Å². The third-order valence-electron chi connectivity index (χ3n) is 3.49. The molecule has 2 aromatic carbocycles. The molecule has 0 aromatic heterocycles. The van der Waals surface area contributed by atoms with Gasteiger partial charge in [0, 0.05) is 31.0 Å². The second kappa shape index (κ2) is 5.78. The Morgan fingerprint density at radius 2 is 1.65 bits per heavy atom. The lowest BCUT2D eigenvalue weighted by molar-refractivity contribution is 0.102. The molecule has 0 aliphatic carbocycles. The number of anilines is 2. The van der Waals surface area contributed by atoms with Crippen LogP contribution in [0, 0.1) is 13.8 Å². The summed E-state index contributed by atoms with van der Waals surface area (Å²) in [6.07, 6.45) is 0. The predicted octanol–water partition coefficient (Wildman–Crippen LogP) is 3.62. The highest BCUT2D eigenvalue weighted by atomic mass is 16.1. The van der Waals surface area contributed by atoms with Crippen LogP contribution in [0.3, 0.4) is 0 Å². The number of carbonyl (C=O) groups excluding carboxylic acids is 1. The van der Waals surface area contributed by atoms with E-state index in [9.17, 15) is 4.79 Å². The lowest BCUT2D eigenvalue weighted by Crippen LogP contribution is -2.14. The zero-order valence-corrected chi connectivity index (χ0v) is 12.4. The maximum absolute atomic E-state index is 12.3. The molecule has 0 atom stereocenters. The van der Waals surface area contributed by atoms with E-state index < -0.39 is 0 Å². The average Bonchev–Trinajstić information content (AvgIpc) is 2.42. The van der Waals surface area contributed by atoms with Crippen molar-refractivity contribution in [3.05, 3.63) is 59.2 Å². The zero-order chi connectivity index (χ0) is 14.7. The molecule has 3 heteroatoms. The first-order valence-corrected chi connectivity index (χ1v) is 6.64. The van der Waals surface area contributed by atoms with Gasteiger partial charge in [0.1, 0.15) is 0 Å². The fourth-order valence-corrected chi connectivity index (χ4v) is 2.04. The Kier molecular flexibility index (Phi) is 4.08. The van der Waals surface area contributed by atoms with Crippen molar-refractivity contribution in [1.29, 1.82) is 0 Å². The number of carbonyl (C=O) groups is 1. The Hall–Kier alpha value is -2.29. The van der Waals surface area contributed by atoms with E-state index in [1.54, 1.807) is 0 Å². The van der Waals surface area contributed by atoms with Gasteiger partial charge < -0.3 is 10.2 Å². The number of hydrogen-bond donors (Lipinski definition) is 1. The van der Waals surface area contributed by atoms with Gasteiger partial charge in [0.25, 0.3) is 5.91 Å². The van der Waals surface area contributed by atoms with E-state index in [1.807, 2.05) is 75.3 Å². The lowest BCUT2D eigenvalue weighted by atomic mass is 10.0. The van der Waals surface area contributed by atoms with Crippen LogP contribution in [0.15, 0.2) is 42.5 Å². The molecule has 104 valence electrons. The topological polar surface area (TPSA) is 32.3 Å². The van der Waals surface area contributed by atoms with E-state index >= 15 is 0 Å². The first-order chi connectivity index (χ1) is 9.49. The summed E-state index contributed by atoms with van der Waals surface area (Å²) >= 11 is 0. The molecule has 0 aliphatic heterocycles. The van der Waals surface area contributed by atoms with Crippen LogP contribution >= 0.6 is 0 Å². The highest BCUT2D eigenvalue weighted by molar-refractivity contribution is 6.05. The van der Waals surface area contributed by atoms with E-state index in [2.05, 4.69) is 5.32 Å². The standard InChI is InChI=1S/C17H20N2O/c1-12-6-5-7-16(13(12)2)17(20)18-14-8-10-15(11-9-14)19(3)4/h5-11H,1-4H3,(H,18,20). The predicted molar refractivity (Wildman–Crippen MR) is 84.6 cm³/mol. The molecule has 0 saturated heterocycles. The highest BCUT2D eigenvalue weighted by Crippen LogP contribution is 2.18.